The van der Waals surface area contributed by atoms with Crippen molar-refractivity contribution in [2.75, 3.05) is 26.3 Å². The molecule has 0 spiro atoms. The summed E-state index contributed by atoms with van der Waals surface area (Å²) in [5.74, 6) is 0.821. The molecule has 1 heterocycles. The summed E-state index contributed by atoms with van der Waals surface area (Å²) in [4.78, 5) is 0. The molecule has 2 nitrogen and oxygen atoms in total. The first-order valence-electron chi connectivity index (χ1n) is 5.22. The van der Waals surface area contributed by atoms with Gasteiger partial charge in [-0.25, -0.2) is 0 Å². The van der Waals surface area contributed by atoms with Crippen molar-refractivity contribution in [3.63, 3.8) is 0 Å². The molecule has 74 valence electrons. The van der Waals surface area contributed by atoms with Gasteiger partial charge >= 0.3 is 0 Å². The van der Waals surface area contributed by atoms with Crippen LogP contribution in [0.5, 0.6) is 0 Å². The summed E-state index contributed by atoms with van der Waals surface area (Å²) in [7, 11) is 0. The van der Waals surface area contributed by atoms with E-state index in [2.05, 4.69) is 12.2 Å². The van der Waals surface area contributed by atoms with Gasteiger partial charge in [0.05, 0.1) is 0 Å². The Morgan fingerprint density at radius 1 is 1.25 bits per heavy atom. The SMILES string of the molecule is CC.CCOCC1CCNCC1. The zero-order valence-corrected chi connectivity index (χ0v) is 8.73. The Hall–Kier alpha value is -0.0800. The molecule has 1 aliphatic heterocycles. The van der Waals surface area contributed by atoms with Crippen LogP contribution in [0.15, 0.2) is 0 Å². The standard InChI is InChI=1S/C8H17NO.C2H6/c1-2-10-7-8-3-5-9-6-4-8;1-2/h8-9H,2-7H2,1H3;1-2H3. The van der Waals surface area contributed by atoms with Gasteiger partial charge in [-0.2, -0.15) is 0 Å². The van der Waals surface area contributed by atoms with Crippen LogP contribution in [-0.4, -0.2) is 26.3 Å². The molecule has 1 fully saturated rings. The van der Waals surface area contributed by atoms with Crippen LogP contribution in [0.25, 0.3) is 0 Å². The molecule has 0 aromatic heterocycles. The van der Waals surface area contributed by atoms with Gasteiger partial charge in [0.2, 0.25) is 0 Å². The minimum absolute atomic E-state index is 0.821. The smallest absolute Gasteiger partial charge is 0.0495 e. The maximum Gasteiger partial charge on any atom is 0.0495 e. The molecule has 0 bridgehead atoms. The highest BCUT2D eigenvalue weighted by atomic mass is 16.5. The molecule has 0 aliphatic carbocycles. The van der Waals surface area contributed by atoms with E-state index < -0.39 is 0 Å². The minimum Gasteiger partial charge on any atom is -0.381 e. The predicted octanol–water partition coefficient (Wildman–Crippen LogP) is 2.05. The summed E-state index contributed by atoms with van der Waals surface area (Å²) < 4.78 is 5.35. The van der Waals surface area contributed by atoms with Crippen LogP contribution in [0.4, 0.5) is 0 Å². The Balaban J connectivity index is 0.000000561. The van der Waals surface area contributed by atoms with E-state index in [-0.39, 0.29) is 0 Å². The molecule has 0 amide bonds. The van der Waals surface area contributed by atoms with Crippen molar-refractivity contribution < 1.29 is 4.74 Å². The molecule has 0 atom stereocenters. The second-order valence-electron chi connectivity index (χ2n) is 2.85. The van der Waals surface area contributed by atoms with E-state index in [0.717, 1.165) is 19.1 Å². The number of hydrogen-bond donors (Lipinski definition) is 1. The molecule has 0 radical (unpaired) electrons. The highest BCUT2D eigenvalue weighted by Gasteiger charge is 2.11. The normalized spacial score (nSPS) is 18.2. The molecule has 1 rings (SSSR count). The lowest BCUT2D eigenvalue weighted by Gasteiger charge is -2.21. The van der Waals surface area contributed by atoms with Crippen LogP contribution in [0.3, 0.4) is 0 Å². The van der Waals surface area contributed by atoms with Gasteiger partial charge in [0, 0.05) is 13.2 Å². The maximum absolute atomic E-state index is 5.35. The average molecular weight is 173 g/mol. The summed E-state index contributed by atoms with van der Waals surface area (Å²) >= 11 is 0. The van der Waals surface area contributed by atoms with Crippen molar-refractivity contribution in [2.24, 2.45) is 5.92 Å². The van der Waals surface area contributed by atoms with E-state index in [0.29, 0.717) is 0 Å². The highest BCUT2D eigenvalue weighted by Crippen LogP contribution is 2.11. The lowest BCUT2D eigenvalue weighted by Crippen LogP contribution is -2.29. The quantitative estimate of drug-likeness (QED) is 0.705. The average Bonchev–Trinajstić information content (AvgIpc) is 2.19. The zero-order chi connectivity index (χ0) is 9.23. The predicted molar refractivity (Wildman–Crippen MR) is 53.4 cm³/mol. The first-order chi connectivity index (χ1) is 5.93. The van der Waals surface area contributed by atoms with Crippen LogP contribution >= 0.6 is 0 Å². The molecule has 12 heavy (non-hydrogen) atoms. The van der Waals surface area contributed by atoms with Gasteiger partial charge in [0.1, 0.15) is 0 Å². The second-order valence-corrected chi connectivity index (χ2v) is 2.85. The van der Waals surface area contributed by atoms with Crippen molar-refractivity contribution >= 4 is 0 Å². The number of hydrogen-bond acceptors (Lipinski definition) is 2. The van der Waals surface area contributed by atoms with Crippen molar-refractivity contribution in [3.8, 4) is 0 Å². The molecule has 0 unspecified atom stereocenters. The van der Waals surface area contributed by atoms with E-state index in [9.17, 15) is 0 Å². The number of nitrogens with one attached hydrogen (secondary N) is 1. The Morgan fingerprint density at radius 2 is 1.83 bits per heavy atom. The molecule has 1 aliphatic rings. The van der Waals surface area contributed by atoms with Gasteiger partial charge in [-0.1, -0.05) is 13.8 Å². The van der Waals surface area contributed by atoms with Gasteiger partial charge in [-0.15, -0.1) is 0 Å². The fourth-order valence-electron chi connectivity index (χ4n) is 1.33. The maximum atomic E-state index is 5.35. The highest BCUT2D eigenvalue weighted by molar-refractivity contribution is 4.67. The second kappa shape index (κ2) is 9.01. The summed E-state index contributed by atoms with van der Waals surface area (Å²) in [5, 5.41) is 3.34. The summed E-state index contributed by atoms with van der Waals surface area (Å²) in [6.07, 6.45) is 2.58. The monoisotopic (exact) mass is 173 g/mol. The van der Waals surface area contributed by atoms with Crippen LogP contribution in [0, 0.1) is 5.92 Å². The van der Waals surface area contributed by atoms with Crippen LogP contribution in [-0.2, 0) is 4.74 Å². The fraction of sp³-hybridized carbons (Fsp3) is 1.00. The van der Waals surface area contributed by atoms with Crippen molar-refractivity contribution in [1.82, 2.24) is 5.32 Å². The van der Waals surface area contributed by atoms with Gasteiger partial charge in [0.15, 0.2) is 0 Å². The molecule has 0 aromatic rings. The van der Waals surface area contributed by atoms with E-state index in [1.165, 1.54) is 25.9 Å². The molecule has 1 saturated heterocycles. The third-order valence-corrected chi connectivity index (χ3v) is 2.02. The Labute approximate surface area is 76.7 Å². The Bertz CT molecular complexity index is 79.9. The Kier molecular flexibility index (Phi) is 8.95. The number of piperidine rings is 1. The van der Waals surface area contributed by atoms with Crippen LogP contribution in [0.2, 0.25) is 0 Å². The van der Waals surface area contributed by atoms with E-state index in [4.69, 9.17) is 4.74 Å². The third kappa shape index (κ3) is 5.56. The molecular formula is C10H23NO. The van der Waals surface area contributed by atoms with Crippen LogP contribution in [0.1, 0.15) is 33.6 Å². The Morgan fingerprint density at radius 3 is 2.33 bits per heavy atom. The number of ether oxygens (including phenoxy) is 1. The molecular weight excluding hydrogens is 150 g/mol. The summed E-state index contributed by atoms with van der Waals surface area (Å²) in [5.41, 5.74) is 0. The third-order valence-electron chi connectivity index (χ3n) is 2.02. The van der Waals surface area contributed by atoms with Gasteiger partial charge < -0.3 is 10.1 Å². The van der Waals surface area contributed by atoms with Gasteiger partial charge in [0.25, 0.3) is 0 Å². The van der Waals surface area contributed by atoms with Crippen molar-refractivity contribution in [2.45, 2.75) is 33.6 Å². The molecule has 0 saturated carbocycles. The lowest BCUT2D eigenvalue weighted by atomic mass is 9.99. The first kappa shape index (κ1) is 11.9. The lowest BCUT2D eigenvalue weighted by molar-refractivity contribution is 0.0977. The minimum atomic E-state index is 0.821. The van der Waals surface area contributed by atoms with E-state index in [1.807, 2.05) is 13.8 Å². The van der Waals surface area contributed by atoms with E-state index >= 15 is 0 Å². The van der Waals surface area contributed by atoms with E-state index in [1.54, 1.807) is 0 Å². The number of rotatable bonds is 3. The topological polar surface area (TPSA) is 21.3 Å². The molecule has 2 heteroatoms. The summed E-state index contributed by atoms with van der Waals surface area (Å²) in [6, 6.07) is 0. The van der Waals surface area contributed by atoms with Gasteiger partial charge in [-0.05, 0) is 38.8 Å². The zero-order valence-electron chi connectivity index (χ0n) is 8.73. The largest absolute Gasteiger partial charge is 0.381 e. The first-order valence-corrected chi connectivity index (χ1v) is 5.22. The van der Waals surface area contributed by atoms with Crippen molar-refractivity contribution in [3.05, 3.63) is 0 Å². The molecule has 0 aromatic carbocycles. The van der Waals surface area contributed by atoms with Crippen molar-refractivity contribution in [1.29, 1.82) is 0 Å². The van der Waals surface area contributed by atoms with Crippen LogP contribution < -0.4 is 5.32 Å². The van der Waals surface area contributed by atoms with Gasteiger partial charge in [-0.3, -0.25) is 0 Å². The summed E-state index contributed by atoms with van der Waals surface area (Å²) in [6.45, 7) is 10.2. The fourth-order valence-corrected chi connectivity index (χ4v) is 1.33. The molecule has 1 N–H and O–H groups in total.